The molecule has 2 unspecified atom stereocenters. The quantitative estimate of drug-likeness (QED) is 0.837. The lowest BCUT2D eigenvalue weighted by Crippen LogP contribution is -2.09. The second-order valence-corrected chi connectivity index (χ2v) is 4.47. The largest absolute Gasteiger partial charge is 0.481 e. The minimum atomic E-state index is -0.676. The second-order valence-electron chi connectivity index (χ2n) is 4.07. The highest BCUT2D eigenvalue weighted by Gasteiger charge is 2.31. The van der Waals surface area contributed by atoms with Crippen LogP contribution in [0, 0.1) is 5.92 Å². The second kappa shape index (κ2) is 4.23. The molecule has 0 radical (unpaired) electrons. The standard InChI is InChI=1S/C12H13ClO2/c13-11-4-2-1-3-10(11)8-5-6-9(7-8)12(14)15/h1-4,8-9H,5-7H2,(H,14,15). The van der Waals surface area contributed by atoms with Crippen molar-refractivity contribution >= 4 is 17.6 Å². The molecule has 0 spiro atoms. The van der Waals surface area contributed by atoms with Crippen LogP contribution in [0.5, 0.6) is 0 Å². The van der Waals surface area contributed by atoms with Crippen LogP contribution in [-0.4, -0.2) is 11.1 Å². The third-order valence-electron chi connectivity index (χ3n) is 3.13. The highest BCUT2D eigenvalue weighted by molar-refractivity contribution is 6.31. The lowest BCUT2D eigenvalue weighted by Gasteiger charge is -2.11. The Labute approximate surface area is 93.9 Å². The van der Waals surface area contributed by atoms with E-state index in [1.54, 1.807) is 0 Å². The first kappa shape index (κ1) is 10.5. The average Bonchev–Trinajstić information content (AvgIpc) is 2.67. The third-order valence-corrected chi connectivity index (χ3v) is 3.47. The number of aliphatic carboxylic acids is 1. The molecule has 2 nitrogen and oxygen atoms in total. The summed E-state index contributed by atoms with van der Waals surface area (Å²) in [6, 6.07) is 7.72. The van der Waals surface area contributed by atoms with Crippen LogP contribution in [0.1, 0.15) is 30.7 Å². The van der Waals surface area contributed by atoms with Gasteiger partial charge >= 0.3 is 5.97 Å². The van der Waals surface area contributed by atoms with Gasteiger partial charge in [-0.1, -0.05) is 29.8 Å². The maximum Gasteiger partial charge on any atom is 0.306 e. The van der Waals surface area contributed by atoms with E-state index < -0.39 is 5.97 Å². The molecular weight excluding hydrogens is 212 g/mol. The molecule has 1 aliphatic rings. The fourth-order valence-electron chi connectivity index (χ4n) is 2.29. The molecule has 3 heteroatoms. The topological polar surface area (TPSA) is 37.3 Å². The summed E-state index contributed by atoms with van der Waals surface area (Å²) in [4.78, 5) is 10.8. The Hall–Kier alpha value is -1.02. The van der Waals surface area contributed by atoms with E-state index >= 15 is 0 Å². The minimum absolute atomic E-state index is 0.189. The summed E-state index contributed by atoms with van der Waals surface area (Å²) in [6.45, 7) is 0. The number of carboxylic acid groups (broad SMARTS) is 1. The highest BCUT2D eigenvalue weighted by atomic mass is 35.5. The van der Waals surface area contributed by atoms with Gasteiger partial charge in [0.2, 0.25) is 0 Å². The molecule has 15 heavy (non-hydrogen) atoms. The summed E-state index contributed by atoms with van der Waals surface area (Å²) in [7, 11) is 0. The number of hydrogen-bond donors (Lipinski definition) is 1. The zero-order valence-electron chi connectivity index (χ0n) is 8.32. The van der Waals surface area contributed by atoms with Gasteiger partial charge in [-0.2, -0.15) is 0 Å². The number of benzene rings is 1. The van der Waals surface area contributed by atoms with Gasteiger partial charge in [-0.05, 0) is 36.8 Å². The van der Waals surface area contributed by atoms with E-state index in [0.29, 0.717) is 5.92 Å². The van der Waals surface area contributed by atoms with Gasteiger partial charge in [0.25, 0.3) is 0 Å². The summed E-state index contributed by atoms with van der Waals surface area (Å²) in [5.41, 5.74) is 1.10. The number of rotatable bonds is 2. The third kappa shape index (κ3) is 2.15. The highest BCUT2D eigenvalue weighted by Crippen LogP contribution is 2.40. The van der Waals surface area contributed by atoms with E-state index in [9.17, 15) is 4.79 Å². The first-order valence-electron chi connectivity index (χ1n) is 5.15. The zero-order chi connectivity index (χ0) is 10.8. The van der Waals surface area contributed by atoms with Crippen LogP contribution >= 0.6 is 11.6 Å². The lowest BCUT2D eigenvalue weighted by atomic mass is 9.96. The smallest absolute Gasteiger partial charge is 0.306 e. The molecule has 2 rings (SSSR count). The molecule has 1 N–H and O–H groups in total. The van der Waals surface area contributed by atoms with Crippen LogP contribution in [0.25, 0.3) is 0 Å². The molecule has 1 fully saturated rings. The number of hydrogen-bond acceptors (Lipinski definition) is 1. The van der Waals surface area contributed by atoms with E-state index in [4.69, 9.17) is 16.7 Å². The summed E-state index contributed by atoms with van der Waals surface area (Å²) in [5.74, 6) is -0.546. The number of carbonyl (C=O) groups is 1. The first-order chi connectivity index (χ1) is 7.18. The maximum atomic E-state index is 10.8. The molecule has 0 heterocycles. The van der Waals surface area contributed by atoms with Gasteiger partial charge in [0.05, 0.1) is 5.92 Å². The Morgan fingerprint density at radius 1 is 1.33 bits per heavy atom. The van der Waals surface area contributed by atoms with Crippen molar-refractivity contribution in [3.05, 3.63) is 34.9 Å². The van der Waals surface area contributed by atoms with Gasteiger partial charge in [0, 0.05) is 5.02 Å². The van der Waals surface area contributed by atoms with Crippen LogP contribution < -0.4 is 0 Å². The van der Waals surface area contributed by atoms with Gasteiger partial charge in [0.15, 0.2) is 0 Å². The summed E-state index contributed by atoms with van der Waals surface area (Å²) in [5, 5.41) is 9.67. The molecule has 0 aliphatic heterocycles. The van der Waals surface area contributed by atoms with Crippen molar-refractivity contribution < 1.29 is 9.90 Å². The molecule has 1 aliphatic carbocycles. The molecule has 0 aromatic heterocycles. The van der Waals surface area contributed by atoms with Gasteiger partial charge in [-0.3, -0.25) is 4.79 Å². The van der Waals surface area contributed by atoms with Crippen molar-refractivity contribution in [1.29, 1.82) is 0 Å². The Kier molecular flexibility index (Phi) is 2.96. The fraction of sp³-hybridized carbons (Fsp3) is 0.417. The zero-order valence-corrected chi connectivity index (χ0v) is 9.07. The molecule has 0 saturated heterocycles. The van der Waals surface area contributed by atoms with Crippen molar-refractivity contribution in [1.82, 2.24) is 0 Å². The Bertz CT molecular complexity index is 376. The van der Waals surface area contributed by atoms with Gasteiger partial charge in [0.1, 0.15) is 0 Å². The summed E-state index contributed by atoms with van der Waals surface area (Å²) >= 11 is 6.08. The molecule has 0 bridgehead atoms. The fourth-order valence-corrected chi connectivity index (χ4v) is 2.58. The Morgan fingerprint density at radius 3 is 2.67 bits per heavy atom. The molecule has 1 aromatic rings. The number of halogens is 1. The average molecular weight is 225 g/mol. The van der Waals surface area contributed by atoms with Crippen LogP contribution in [0.4, 0.5) is 0 Å². The molecule has 1 saturated carbocycles. The van der Waals surface area contributed by atoms with E-state index in [-0.39, 0.29) is 5.92 Å². The van der Waals surface area contributed by atoms with E-state index in [0.717, 1.165) is 29.8 Å². The normalized spacial score (nSPS) is 25.4. The van der Waals surface area contributed by atoms with Crippen LogP contribution in [0.3, 0.4) is 0 Å². The summed E-state index contributed by atoms with van der Waals surface area (Å²) < 4.78 is 0. The van der Waals surface area contributed by atoms with E-state index in [1.807, 2.05) is 24.3 Å². The molecule has 0 amide bonds. The van der Waals surface area contributed by atoms with Gasteiger partial charge < -0.3 is 5.11 Å². The Morgan fingerprint density at radius 2 is 2.07 bits per heavy atom. The van der Waals surface area contributed by atoms with Gasteiger partial charge in [-0.15, -0.1) is 0 Å². The SMILES string of the molecule is O=C(O)C1CCC(c2ccccc2Cl)C1. The first-order valence-corrected chi connectivity index (χ1v) is 5.53. The van der Waals surface area contributed by atoms with Crippen LogP contribution in [0.2, 0.25) is 5.02 Å². The predicted octanol–water partition coefficient (Wildman–Crippen LogP) is 3.31. The van der Waals surface area contributed by atoms with Crippen LogP contribution in [-0.2, 0) is 4.79 Å². The predicted molar refractivity (Wildman–Crippen MR) is 59.2 cm³/mol. The van der Waals surface area contributed by atoms with Gasteiger partial charge in [-0.25, -0.2) is 0 Å². The van der Waals surface area contributed by atoms with Crippen LogP contribution in [0.15, 0.2) is 24.3 Å². The minimum Gasteiger partial charge on any atom is -0.481 e. The monoisotopic (exact) mass is 224 g/mol. The molecule has 2 atom stereocenters. The Balaban J connectivity index is 2.14. The van der Waals surface area contributed by atoms with E-state index in [2.05, 4.69) is 0 Å². The van der Waals surface area contributed by atoms with Crippen molar-refractivity contribution in [2.75, 3.05) is 0 Å². The molecule has 1 aromatic carbocycles. The van der Waals surface area contributed by atoms with Crippen molar-refractivity contribution in [3.63, 3.8) is 0 Å². The van der Waals surface area contributed by atoms with Crippen molar-refractivity contribution in [2.45, 2.75) is 25.2 Å². The van der Waals surface area contributed by atoms with E-state index in [1.165, 1.54) is 0 Å². The lowest BCUT2D eigenvalue weighted by molar-refractivity contribution is -0.141. The molecular formula is C12H13ClO2. The van der Waals surface area contributed by atoms with Crippen molar-refractivity contribution in [2.24, 2.45) is 5.92 Å². The summed E-state index contributed by atoms with van der Waals surface area (Å²) in [6.07, 6.45) is 2.42. The van der Waals surface area contributed by atoms with Crippen molar-refractivity contribution in [3.8, 4) is 0 Å². The molecule has 80 valence electrons. The maximum absolute atomic E-state index is 10.8. The number of carboxylic acids is 1.